The smallest absolute Gasteiger partial charge is 0.0401 e. The van der Waals surface area contributed by atoms with E-state index in [1.165, 1.54) is 41.1 Å². The Morgan fingerprint density at radius 2 is 1.00 bits per heavy atom. The van der Waals surface area contributed by atoms with Crippen molar-refractivity contribution in [3.8, 4) is 20.9 Å². The van der Waals surface area contributed by atoms with Gasteiger partial charge in [-0.2, -0.15) is 0 Å². The maximum Gasteiger partial charge on any atom is 0.0401 e. The second-order valence-electron chi connectivity index (χ2n) is 7.13. The number of nitrogen functional groups attached to an aromatic ring is 2. The zero-order chi connectivity index (χ0) is 19.4. The molecule has 0 saturated carbocycles. The lowest BCUT2D eigenvalue weighted by atomic mass is 10.0. The van der Waals surface area contributed by atoms with Gasteiger partial charge in [0.1, 0.15) is 0 Å². The van der Waals surface area contributed by atoms with Crippen LogP contribution in [0.4, 0.5) is 11.4 Å². The quantitative estimate of drug-likeness (QED) is 0.307. The van der Waals surface area contributed by atoms with E-state index in [4.69, 9.17) is 11.5 Å². The van der Waals surface area contributed by atoms with Crippen LogP contribution in [0.15, 0.2) is 60.7 Å². The number of anilines is 2. The van der Waals surface area contributed by atoms with E-state index in [2.05, 4.69) is 38.1 Å². The van der Waals surface area contributed by atoms with Crippen LogP contribution in [0.3, 0.4) is 0 Å². The summed E-state index contributed by atoms with van der Waals surface area (Å²) >= 11 is 3.66. The topological polar surface area (TPSA) is 52.0 Å². The molecule has 0 atom stereocenters. The molecule has 0 amide bonds. The molecule has 3 aromatic carbocycles. The van der Waals surface area contributed by atoms with Gasteiger partial charge in [-0.25, -0.2) is 0 Å². The van der Waals surface area contributed by atoms with Crippen molar-refractivity contribution in [2.45, 2.75) is 13.8 Å². The van der Waals surface area contributed by atoms with Gasteiger partial charge in [0.25, 0.3) is 0 Å². The molecule has 0 aliphatic rings. The SMILES string of the molecule is Cc1c2cc(-c3ccccc3N)sc2c(C)c2cc(-c3ccccc3N)sc12. The van der Waals surface area contributed by atoms with Gasteiger partial charge in [-0.3, -0.25) is 0 Å². The first kappa shape index (κ1) is 17.3. The number of nitrogens with two attached hydrogens (primary N) is 2. The Kier molecular flexibility index (Phi) is 3.93. The first-order valence-corrected chi connectivity index (χ1v) is 10.8. The van der Waals surface area contributed by atoms with Gasteiger partial charge in [-0.05, 0) is 60.0 Å². The van der Waals surface area contributed by atoms with E-state index in [1.54, 1.807) is 0 Å². The Morgan fingerprint density at radius 1 is 0.607 bits per heavy atom. The van der Waals surface area contributed by atoms with E-state index in [0.717, 1.165) is 22.5 Å². The average molecular weight is 401 g/mol. The molecular weight excluding hydrogens is 380 g/mol. The van der Waals surface area contributed by atoms with Crippen LogP contribution in [0.25, 0.3) is 41.1 Å². The molecule has 5 rings (SSSR count). The summed E-state index contributed by atoms with van der Waals surface area (Å²) in [4.78, 5) is 2.45. The van der Waals surface area contributed by atoms with Gasteiger partial charge in [0, 0.05) is 41.7 Å². The van der Waals surface area contributed by atoms with Crippen molar-refractivity contribution in [2.75, 3.05) is 11.5 Å². The zero-order valence-corrected chi connectivity index (χ0v) is 17.4. The van der Waals surface area contributed by atoms with Crippen molar-refractivity contribution in [3.05, 3.63) is 71.8 Å². The molecule has 2 aromatic heterocycles. The fourth-order valence-corrected chi connectivity index (χ4v) is 6.40. The molecular formula is C24H20N2S2. The number of benzene rings is 3. The number of fused-ring (bicyclic) bond motifs is 2. The highest BCUT2D eigenvalue weighted by Crippen LogP contribution is 2.46. The molecule has 0 fully saturated rings. The summed E-state index contributed by atoms with van der Waals surface area (Å²) in [6.07, 6.45) is 0. The predicted molar refractivity (Wildman–Crippen MR) is 126 cm³/mol. The maximum atomic E-state index is 6.23. The minimum atomic E-state index is 0.827. The highest BCUT2D eigenvalue weighted by molar-refractivity contribution is 7.24. The van der Waals surface area contributed by atoms with Crippen molar-refractivity contribution in [3.63, 3.8) is 0 Å². The van der Waals surface area contributed by atoms with E-state index < -0.39 is 0 Å². The largest absolute Gasteiger partial charge is 0.398 e. The first-order valence-electron chi connectivity index (χ1n) is 9.20. The normalized spacial score (nSPS) is 11.5. The van der Waals surface area contributed by atoms with E-state index in [-0.39, 0.29) is 0 Å². The summed E-state index contributed by atoms with van der Waals surface area (Å²) < 4.78 is 2.68. The third-order valence-corrected chi connectivity index (χ3v) is 7.98. The molecule has 4 heteroatoms. The van der Waals surface area contributed by atoms with Gasteiger partial charge in [0.05, 0.1) is 0 Å². The van der Waals surface area contributed by atoms with Gasteiger partial charge in [-0.15, -0.1) is 22.7 Å². The summed E-state index contributed by atoms with van der Waals surface area (Å²) in [5.41, 5.74) is 19.0. The van der Waals surface area contributed by atoms with Crippen LogP contribution in [0, 0.1) is 13.8 Å². The lowest BCUT2D eigenvalue weighted by Gasteiger charge is -2.03. The van der Waals surface area contributed by atoms with Crippen molar-refractivity contribution < 1.29 is 0 Å². The second-order valence-corrected chi connectivity index (χ2v) is 9.24. The van der Waals surface area contributed by atoms with Crippen molar-refractivity contribution in [2.24, 2.45) is 0 Å². The molecule has 4 N–H and O–H groups in total. The van der Waals surface area contributed by atoms with Crippen LogP contribution >= 0.6 is 22.7 Å². The highest BCUT2D eigenvalue weighted by Gasteiger charge is 2.17. The van der Waals surface area contributed by atoms with Crippen molar-refractivity contribution in [1.29, 1.82) is 0 Å². The Morgan fingerprint density at radius 3 is 1.39 bits per heavy atom. The fraction of sp³-hybridized carbons (Fsp3) is 0.0833. The molecule has 5 aromatic rings. The van der Waals surface area contributed by atoms with Crippen LogP contribution in [0.2, 0.25) is 0 Å². The second kappa shape index (κ2) is 6.36. The molecule has 0 unspecified atom stereocenters. The molecule has 0 aliphatic carbocycles. The lowest BCUT2D eigenvalue weighted by Crippen LogP contribution is -1.86. The molecule has 28 heavy (non-hydrogen) atoms. The summed E-state index contributed by atoms with van der Waals surface area (Å²) in [6.45, 7) is 4.45. The number of para-hydroxylation sites is 2. The van der Waals surface area contributed by atoms with Crippen molar-refractivity contribution in [1.82, 2.24) is 0 Å². The minimum absolute atomic E-state index is 0.827. The molecule has 0 radical (unpaired) electrons. The third kappa shape index (κ3) is 2.53. The van der Waals surface area contributed by atoms with E-state index in [1.807, 2.05) is 59.1 Å². The molecule has 0 spiro atoms. The van der Waals surface area contributed by atoms with E-state index in [0.29, 0.717) is 0 Å². The number of hydrogen-bond donors (Lipinski definition) is 2. The number of thiophene rings is 2. The fourth-order valence-electron chi connectivity index (χ4n) is 3.85. The molecule has 2 heterocycles. The first-order chi connectivity index (χ1) is 13.5. The maximum absolute atomic E-state index is 6.23. The molecule has 0 saturated heterocycles. The Balaban J connectivity index is 1.77. The van der Waals surface area contributed by atoms with Gasteiger partial charge in [-0.1, -0.05) is 36.4 Å². The Hall–Kier alpha value is -2.82. The Labute approximate surface area is 172 Å². The van der Waals surface area contributed by atoms with Crippen LogP contribution in [-0.2, 0) is 0 Å². The third-order valence-electron chi connectivity index (χ3n) is 5.41. The van der Waals surface area contributed by atoms with Gasteiger partial charge < -0.3 is 11.5 Å². The van der Waals surface area contributed by atoms with Gasteiger partial charge in [0.15, 0.2) is 0 Å². The molecule has 138 valence electrons. The molecule has 0 aliphatic heterocycles. The number of rotatable bonds is 2. The van der Waals surface area contributed by atoms with Crippen LogP contribution in [0.5, 0.6) is 0 Å². The lowest BCUT2D eigenvalue weighted by molar-refractivity contribution is 1.58. The minimum Gasteiger partial charge on any atom is -0.398 e. The standard InChI is InChI=1S/C24H20N2S2/c1-13-17-11-21(15-7-3-5-9-19(15)25)28-24(17)14(2)18-12-22(27-23(13)18)16-8-4-6-10-20(16)26/h3-12H,25-26H2,1-2H3. The predicted octanol–water partition coefficient (Wildman–Crippen LogP) is 7.23. The van der Waals surface area contributed by atoms with Crippen molar-refractivity contribution >= 4 is 54.2 Å². The number of aryl methyl sites for hydroxylation is 2. The van der Waals surface area contributed by atoms with Crippen LogP contribution in [0.1, 0.15) is 11.1 Å². The molecule has 0 bridgehead atoms. The summed E-state index contributed by atoms with van der Waals surface area (Å²) in [5, 5.41) is 2.64. The summed E-state index contributed by atoms with van der Waals surface area (Å²) in [7, 11) is 0. The van der Waals surface area contributed by atoms with Gasteiger partial charge in [0.2, 0.25) is 0 Å². The number of hydrogen-bond acceptors (Lipinski definition) is 4. The monoisotopic (exact) mass is 400 g/mol. The Bertz CT molecular complexity index is 1200. The van der Waals surface area contributed by atoms with Gasteiger partial charge >= 0.3 is 0 Å². The van der Waals surface area contributed by atoms with Crippen LogP contribution in [-0.4, -0.2) is 0 Å². The molecule has 2 nitrogen and oxygen atoms in total. The zero-order valence-electron chi connectivity index (χ0n) is 15.7. The average Bonchev–Trinajstić information content (AvgIpc) is 3.32. The van der Waals surface area contributed by atoms with Crippen LogP contribution < -0.4 is 11.5 Å². The van der Waals surface area contributed by atoms with E-state index >= 15 is 0 Å². The highest BCUT2D eigenvalue weighted by atomic mass is 32.1. The summed E-state index contributed by atoms with van der Waals surface area (Å²) in [5.74, 6) is 0. The van der Waals surface area contributed by atoms with E-state index in [9.17, 15) is 0 Å². The summed E-state index contributed by atoms with van der Waals surface area (Å²) in [6, 6.07) is 20.8.